The van der Waals surface area contributed by atoms with E-state index in [0.29, 0.717) is 16.6 Å². The van der Waals surface area contributed by atoms with E-state index in [1.807, 2.05) is 19.0 Å². The summed E-state index contributed by atoms with van der Waals surface area (Å²) in [7, 11) is 3.76. The first-order chi connectivity index (χ1) is 12.9. The third kappa shape index (κ3) is 5.14. The van der Waals surface area contributed by atoms with Gasteiger partial charge in [0.2, 0.25) is 0 Å². The van der Waals surface area contributed by atoms with Crippen LogP contribution in [0.15, 0.2) is 36.5 Å². The van der Waals surface area contributed by atoms with Crippen LogP contribution < -0.4 is 0 Å². The number of hydrogen-bond donors (Lipinski definition) is 0. The molecule has 1 amide bonds. The number of aromatic nitrogens is 1. The molecule has 27 heavy (non-hydrogen) atoms. The molecule has 1 aliphatic heterocycles. The molecule has 0 N–H and O–H groups in total. The summed E-state index contributed by atoms with van der Waals surface area (Å²) in [6.07, 6.45) is 5.26. The van der Waals surface area contributed by atoms with E-state index >= 15 is 0 Å². The summed E-state index contributed by atoms with van der Waals surface area (Å²) in [5.41, 5.74) is 3.46. The summed E-state index contributed by atoms with van der Waals surface area (Å²) < 4.78 is 1.80. The SMILES string of the molecule is Cc1ccccc1CCN1CCC[C@H](CN(C)C(=O)c2cc(Cl)cn2C)C1. The number of aryl methyl sites for hydroxylation is 2. The van der Waals surface area contributed by atoms with Crippen LogP contribution >= 0.6 is 11.6 Å². The van der Waals surface area contributed by atoms with Crippen LogP contribution in [0.1, 0.15) is 34.5 Å². The Morgan fingerprint density at radius 2 is 2.11 bits per heavy atom. The molecule has 146 valence electrons. The fraction of sp³-hybridized carbons (Fsp3) is 0.500. The summed E-state index contributed by atoms with van der Waals surface area (Å²) in [5, 5.41) is 0.606. The van der Waals surface area contributed by atoms with Crippen molar-refractivity contribution in [1.29, 1.82) is 0 Å². The van der Waals surface area contributed by atoms with Gasteiger partial charge < -0.3 is 14.4 Å². The fourth-order valence-corrected chi connectivity index (χ4v) is 4.32. The number of piperidine rings is 1. The number of halogens is 1. The first-order valence-corrected chi connectivity index (χ1v) is 10.2. The van der Waals surface area contributed by atoms with Crippen molar-refractivity contribution in [3.8, 4) is 0 Å². The molecule has 1 saturated heterocycles. The van der Waals surface area contributed by atoms with Gasteiger partial charge in [-0.15, -0.1) is 0 Å². The minimum atomic E-state index is 0.0430. The highest BCUT2D eigenvalue weighted by Crippen LogP contribution is 2.20. The van der Waals surface area contributed by atoms with Crippen LogP contribution in [-0.4, -0.2) is 53.5 Å². The molecule has 0 unspecified atom stereocenters. The molecule has 0 spiro atoms. The summed E-state index contributed by atoms with van der Waals surface area (Å²) in [4.78, 5) is 17.1. The maximum atomic E-state index is 12.7. The lowest BCUT2D eigenvalue weighted by Crippen LogP contribution is -2.42. The van der Waals surface area contributed by atoms with Gasteiger partial charge in [0, 0.05) is 39.9 Å². The van der Waals surface area contributed by atoms with Crippen LogP contribution in [-0.2, 0) is 13.5 Å². The van der Waals surface area contributed by atoms with E-state index in [0.717, 1.165) is 32.6 Å². The quantitative estimate of drug-likeness (QED) is 0.749. The smallest absolute Gasteiger partial charge is 0.270 e. The molecule has 4 nitrogen and oxygen atoms in total. The summed E-state index contributed by atoms with van der Waals surface area (Å²) >= 11 is 6.02. The second kappa shape index (κ2) is 8.94. The lowest BCUT2D eigenvalue weighted by atomic mass is 9.96. The maximum Gasteiger partial charge on any atom is 0.270 e. The number of carbonyl (C=O) groups excluding carboxylic acids is 1. The first-order valence-electron chi connectivity index (χ1n) is 9.78. The largest absolute Gasteiger partial charge is 0.345 e. The van der Waals surface area contributed by atoms with Crippen molar-refractivity contribution >= 4 is 17.5 Å². The van der Waals surface area contributed by atoms with Crippen molar-refractivity contribution in [3.05, 3.63) is 58.4 Å². The summed E-state index contributed by atoms with van der Waals surface area (Å²) in [5.74, 6) is 0.571. The van der Waals surface area contributed by atoms with Crippen LogP contribution in [0.25, 0.3) is 0 Å². The molecule has 1 atom stereocenters. The number of likely N-dealkylation sites (tertiary alicyclic amines) is 1. The normalized spacial score (nSPS) is 17.9. The lowest BCUT2D eigenvalue weighted by molar-refractivity contribution is 0.0721. The molecule has 3 rings (SSSR count). The Balaban J connectivity index is 1.52. The van der Waals surface area contributed by atoms with E-state index < -0.39 is 0 Å². The van der Waals surface area contributed by atoms with Crippen molar-refractivity contribution in [3.63, 3.8) is 0 Å². The van der Waals surface area contributed by atoms with Crippen LogP contribution in [0.3, 0.4) is 0 Å². The van der Waals surface area contributed by atoms with Crippen LogP contribution in [0.4, 0.5) is 0 Å². The van der Waals surface area contributed by atoms with Crippen molar-refractivity contribution in [1.82, 2.24) is 14.4 Å². The highest BCUT2D eigenvalue weighted by molar-refractivity contribution is 6.31. The molecular weight excluding hydrogens is 358 g/mol. The molecule has 2 heterocycles. The van der Waals surface area contributed by atoms with Gasteiger partial charge in [-0.1, -0.05) is 35.9 Å². The topological polar surface area (TPSA) is 28.5 Å². The van der Waals surface area contributed by atoms with Gasteiger partial charge in [-0.05, 0) is 55.8 Å². The summed E-state index contributed by atoms with van der Waals surface area (Å²) in [6.45, 7) is 6.30. The average molecular weight is 388 g/mol. The molecule has 0 bridgehead atoms. The molecule has 0 aliphatic carbocycles. The average Bonchev–Trinajstić information content (AvgIpc) is 2.99. The highest BCUT2D eigenvalue weighted by Gasteiger charge is 2.24. The van der Waals surface area contributed by atoms with Gasteiger partial charge in [0.25, 0.3) is 5.91 Å². The van der Waals surface area contributed by atoms with E-state index in [-0.39, 0.29) is 5.91 Å². The Hall–Kier alpha value is -1.78. The zero-order chi connectivity index (χ0) is 19.4. The Morgan fingerprint density at radius 3 is 2.81 bits per heavy atom. The molecule has 1 aromatic heterocycles. The Bertz CT molecular complexity index is 786. The molecule has 1 aromatic carbocycles. The summed E-state index contributed by atoms with van der Waals surface area (Å²) in [6, 6.07) is 10.4. The van der Waals surface area contributed by atoms with E-state index in [2.05, 4.69) is 36.1 Å². The molecule has 2 aromatic rings. The molecule has 1 aliphatic rings. The minimum Gasteiger partial charge on any atom is -0.345 e. The zero-order valence-electron chi connectivity index (χ0n) is 16.6. The molecular formula is C22H30ClN3O. The standard InChI is InChI=1S/C22H30ClN3O/c1-17-7-4-5-9-19(17)10-12-26-11-6-8-18(15-26)14-25(3)22(27)21-13-20(23)16-24(21)2/h4-5,7,9,13,16,18H,6,8,10-12,14-15H2,1-3H3/t18-/m1/s1. The van der Waals surface area contributed by atoms with E-state index in [1.54, 1.807) is 16.8 Å². The Labute approximate surface area is 167 Å². The number of hydrogen-bond acceptors (Lipinski definition) is 2. The van der Waals surface area contributed by atoms with Gasteiger partial charge in [0.15, 0.2) is 0 Å². The van der Waals surface area contributed by atoms with Crippen molar-refractivity contribution in [2.45, 2.75) is 26.2 Å². The second-order valence-corrected chi connectivity index (χ2v) is 8.26. The van der Waals surface area contributed by atoms with E-state index in [4.69, 9.17) is 11.6 Å². The van der Waals surface area contributed by atoms with Gasteiger partial charge in [-0.2, -0.15) is 0 Å². The van der Waals surface area contributed by atoms with Gasteiger partial charge >= 0.3 is 0 Å². The Kier molecular flexibility index (Phi) is 6.61. The van der Waals surface area contributed by atoms with Crippen molar-refractivity contribution in [2.24, 2.45) is 13.0 Å². The maximum absolute atomic E-state index is 12.7. The lowest BCUT2D eigenvalue weighted by Gasteiger charge is -2.34. The number of amides is 1. The second-order valence-electron chi connectivity index (χ2n) is 7.83. The molecule has 0 radical (unpaired) electrons. The van der Waals surface area contributed by atoms with E-state index in [9.17, 15) is 4.79 Å². The number of carbonyl (C=O) groups is 1. The molecule has 0 saturated carbocycles. The zero-order valence-corrected chi connectivity index (χ0v) is 17.4. The predicted molar refractivity (Wildman–Crippen MR) is 111 cm³/mol. The highest BCUT2D eigenvalue weighted by atomic mass is 35.5. The van der Waals surface area contributed by atoms with Crippen LogP contribution in [0.2, 0.25) is 5.02 Å². The van der Waals surface area contributed by atoms with Gasteiger partial charge in [-0.25, -0.2) is 0 Å². The van der Waals surface area contributed by atoms with Gasteiger partial charge in [-0.3, -0.25) is 4.79 Å². The van der Waals surface area contributed by atoms with Gasteiger partial charge in [0.1, 0.15) is 5.69 Å². The van der Waals surface area contributed by atoms with E-state index in [1.165, 1.54) is 24.0 Å². The van der Waals surface area contributed by atoms with Crippen molar-refractivity contribution < 1.29 is 4.79 Å². The third-order valence-electron chi connectivity index (χ3n) is 5.63. The third-order valence-corrected chi connectivity index (χ3v) is 5.84. The first kappa shape index (κ1) is 20.0. The van der Waals surface area contributed by atoms with Gasteiger partial charge in [0.05, 0.1) is 5.02 Å². The van der Waals surface area contributed by atoms with Crippen LogP contribution in [0.5, 0.6) is 0 Å². The van der Waals surface area contributed by atoms with Crippen LogP contribution in [0, 0.1) is 12.8 Å². The minimum absolute atomic E-state index is 0.0430. The Morgan fingerprint density at radius 1 is 1.33 bits per heavy atom. The number of rotatable bonds is 6. The molecule has 1 fully saturated rings. The molecule has 5 heteroatoms. The predicted octanol–water partition coefficient (Wildman–Crippen LogP) is 4.01. The number of benzene rings is 1. The van der Waals surface area contributed by atoms with Crippen molar-refractivity contribution in [2.75, 3.05) is 33.2 Å². The monoisotopic (exact) mass is 387 g/mol. The fourth-order valence-electron chi connectivity index (χ4n) is 4.08. The number of nitrogens with zero attached hydrogens (tertiary/aromatic N) is 3.